The minimum atomic E-state index is -0.620. The van der Waals surface area contributed by atoms with E-state index in [1.807, 2.05) is 30.3 Å². The van der Waals surface area contributed by atoms with Gasteiger partial charge in [-0.2, -0.15) is 0 Å². The monoisotopic (exact) mass is 244 g/mol. The van der Waals surface area contributed by atoms with Crippen molar-refractivity contribution in [3.8, 4) is 23.1 Å². The lowest BCUT2D eigenvalue weighted by molar-refractivity contribution is 0.387. The average Bonchev–Trinajstić information content (AvgIpc) is 2.99. The number of hydrogen-bond acceptors (Lipinski definition) is 5. The molecule has 2 aromatic heterocycles. The molecule has 0 unspecified atom stereocenters. The van der Waals surface area contributed by atoms with Gasteiger partial charge in [-0.25, -0.2) is 4.79 Å². The number of benzene rings is 1. The number of nitrogens with one attached hydrogen (secondary N) is 2. The van der Waals surface area contributed by atoms with Crippen LogP contribution in [0, 0.1) is 0 Å². The van der Waals surface area contributed by atoms with Crippen molar-refractivity contribution in [1.82, 2.24) is 20.3 Å². The van der Waals surface area contributed by atoms with Crippen LogP contribution >= 0.6 is 0 Å². The molecule has 0 saturated carbocycles. The molecule has 0 amide bonds. The van der Waals surface area contributed by atoms with Gasteiger partial charge in [0.05, 0.1) is 0 Å². The van der Waals surface area contributed by atoms with Gasteiger partial charge >= 0.3 is 5.76 Å². The molecule has 0 aliphatic carbocycles. The van der Waals surface area contributed by atoms with Crippen LogP contribution in [-0.2, 0) is 0 Å². The maximum absolute atomic E-state index is 10.8. The van der Waals surface area contributed by atoms with Gasteiger partial charge in [0.2, 0.25) is 11.7 Å². The van der Waals surface area contributed by atoms with Gasteiger partial charge in [-0.3, -0.25) is 14.6 Å². The quantitative estimate of drug-likeness (QED) is 0.728. The van der Waals surface area contributed by atoms with Crippen molar-refractivity contribution in [3.63, 3.8) is 0 Å². The molecule has 18 heavy (non-hydrogen) atoms. The molecule has 0 radical (unpaired) electrons. The number of nitrogens with zero attached hydrogens (tertiary/aromatic N) is 2. The number of hydrogen-bond donors (Lipinski definition) is 2. The first-order chi connectivity index (χ1) is 8.81. The molecule has 0 fully saturated rings. The van der Waals surface area contributed by atoms with E-state index in [-0.39, 0.29) is 5.82 Å². The predicted molar refractivity (Wildman–Crippen MR) is 61.2 cm³/mol. The Morgan fingerprint density at radius 3 is 2.78 bits per heavy atom. The Bertz CT molecular complexity index is 698. The number of aromatic nitrogens is 4. The first-order valence-electron chi connectivity index (χ1n) is 5.16. The van der Waals surface area contributed by atoms with Crippen molar-refractivity contribution in [1.29, 1.82) is 0 Å². The molecule has 1 aromatic carbocycles. The van der Waals surface area contributed by atoms with E-state index in [2.05, 4.69) is 24.9 Å². The van der Waals surface area contributed by atoms with Crippen LogP contribution in [-0.4, -0.2) is 20.3 Å². The molecule has 90 valence electrons. The fourth-order valence-corrected chi connectivity index (χ4v) is 1.43. The van der Waals surface area contributed by atoms with Gasteiger partial charge in [-0.05, 0) is 12.1 Å². The normalized spacial score (nSPS) is 10.4. The van der Waals surface area contributed by atoms with E-state index in [1.54, 1.807) is 6.07 Å². The first kappa shape index (κ1) is 10.3. The van der Waals surface area contributed by atoms with Crippen molar-refractivity contribution >= 4 is 0 Å². The molecular formula is C11H8N4O3. The summed E-state index contributed by atoms with van der Waals surface area (Å²) in [6.45, 7) is 0. The van der Waals surface area contributed by atoms with E-state index in [0.29, 0.717) is 17.3 Å². The van der Waals surface area contributed by atoms with Gasteiger partial charge in [-0.1, -0.05) is 23.4 Å². The number of rotatable bonds is 3. The topological polar surface area (TPSA) is 96.8 Å². The molecule has 2 N–H and O–H groups in total. The van der Waals surface area contributed by atoms with Crippen LogP contribution in [0.1, 0.15) is 0 Å². The molecular weight excluding hydrogens is 236 g/mol. The lowest BCUT2D eigenvalue weighted by Gasteiger charge is -1.99. The molecule has 3 aromatic rings. The summed E-state index contributed by atoms with van der Waals surface area (Å²) in [6.07, 6.45) is 0. The van der Waals surface area contributed by atoms with Crippen LogP contribution in [0.2, 0.25) is 0 Å². The van der Waals surface area contributed by atoms with E-state index in [1.165, 1.54) is 0 Å². The summed E-state index contributed by atoms with van der Waals surface area (Å²) in [5.74, 6) is 0.699. The number of para-hydroxylation sites is 1. The van der Waals surface area contributed by atoms with Crippen molar-refractivity contribution in [2.24, 2.45) is 0 Å². The number of ether oxygens (including phenoxy) is 1. The van der Waals surface area contributed by atoms with E-state index >= 15 is 0 Å². The highest BCUT2D eigenvalue weighted by Crippen LogP contribution is 2.22. The SMILES string of the molecule is O=c1[nH]c(-c2cc(Oc3ccccc3)n[nH]2)no1. The van der Waals surface area contributed by atoms with Crippen molar-refractivity contribution in [3.05, 3.63) is 46.9 Å². The molecule has 0 atom stereocenters. The van der Waals surface area contributed by atoms with E-state index < -0.39 is 5.76 Å². The summed E-state index contributed by atoms with van der Waals surface area (Å²) >= 11 is 0. The Hall–Kier alpha value is -2.83. The van der Waals surface area contributed by atoms with Crippen LogP contribution in [0.4, 0.5) is 0 Å². The summed E-state index contributed by atoms with van der Waals surface area (Å²) < 4.78 is 9.89. The third-order valence-corrected chi connectivity index (χ3v) is 2.22. The second-order valence-corrected chi connectivity index (χ2v) is 3.48. The summed E-state index contributed by atoms with van der Waals surface area (Å²) in [6, 6.07) is 10.8. The van der Waals surface area contributed by atoms with Gasteiger partial charge in [0, 0.05) is 6.07 Å². The molecule has 7 nitrogen and oxygen atoms in total. The Labute approximate surface area is 100 Å². The maximum Gasteiger partial charge on any atom is 0.439 e. The highest BCUT2D eigenvalue weighted by Gasteiger charge is 2.09. The van der Waals surface area contributed by atoms with Crippen molar-refractivity contribution < 1.29 is 9.26 Å². The molecule has 0 spiro atoms. The van der Waals surface area contributed by atoms with Gasteiger partial charge in [0.25, 0.3) is 0 Å². The summed E-state index contributed by atoms with van der Waals surface area (Å²) in [5, 5.41) is 10.2. The van der Waals surface area contributed by atoms with Gasteiger partial charge in [-0.15, -0.1) is 5.10 Å². The molecule has 2 heterocycles. The van der Waals surface area contributed by atoms with Gasteiger partial charge < -0.3 is 4.74 Å². The van der Waals surface area contributed by atoms with Gasteiger partial charge in [0.1, 0.15) is 11.4 Å². The Balaban J connectivity index is 1.84. The highest BCUT2D eigenvalue weighted by atomic mass is 16.5. The number of H-pyrrole nitrogens is 2. The zero-order valence-corrected chi connectivity index (χ0v) is 9.08. The third-order valence-electron chi connectivity index (χ3n) is 2.22. The summed E-state index contributed by atoms with van der Waals surface area (Å²) in [5.41, 5.74) is 0.506. The molecule has 0 saturated heterocycles. The van der Waals surface area contributed by atoms with Crippen LogP contribution in [0.3, 0.4) is 0 Å². The average molecular weight is 244 g/mol. The molecule has 3 rings (SSSR count). The minimum Gasteiger partial charge on any atom is -0.438 e. The van der Waals surface area contributed by atoms with E-state index in [0.717, 1.165) is 0 Å². The fraction of sp³-hybridized carbons (Fsp3) is 0. The zero-order chi connectivity index (χ0) is 12.4. The van der Waals surface area contributed by atoms with E-state index in [4.69, 9.17) is 4.74 Å². The Kier molecular flexibility index (Phi) is 2.41. The predicted octanol–water partition coefficient (Wildman–Crippen LogP) is 1.55. The largest absolute Gasteiger partial charge is 0.439 e. The van der Waals surface area contributed by atoms with Crippen LogP contribution in [0.5, 0.6) is 11.6 Å². The lowest BCUT2D eigenvalue weighted by atomic mass is 10.3. The summed E-state index contributed by atoms with van der Waals surface area (Å²) in [7, 11) is 0. The molecule has 0 aliphatic heterocycles. The maximum atomic E-state index is 10.8. The second-order valence-electron chi connectivity index (χ2n) is 3.48. The molecule has 0 bridgehead atoms. The minimum absolute atomic E-state index is 0.274. The summed E-state index contributed by atoms with van der Waals surface area (Å²) in [4.78, 5) is 13.2. The van der Waals surface area contributed by atoms with Crippen LogP contribution in [0.15, 0.2) is 45.7 Å². The standard InChI is InChI=1S/C11H8N4O3/c16-11-12-10(15-18-11)8-6-9(14-13-8)17-7-4-2-1-3-5-7/h1-6H,(H,13,14)(H,12,15,16). The smallest absolute Gasteiger partial charge is 0.438 e. The zero-order valence-electron chi connectivity index (χ0n) is 9.08. The molecule has 0 aliphatic rings. The van der Waals surface area contributed by atoms with Crippen molar-refractivity contribution in [2.75, 3.05) is 0 Å². The fourth-order valence-electron chi connectivity index (χ4n) is 1.43. The lowest BCUT2D eigenvalue weighted by Crippen LogP contribution is -1.94. The van der Waals surface area contributed by atoms with Crippen molar-refractivity contribution in [2.45, 2.75) is 0 Å². The Morgan fingerprint density at radius 2 is 2.06 bits per heavy atom. The first-order valence-corrected chi connectivity index (χ1v) is 5.16. The highest BCUT2D eigenvalue weighted by molar-refractivity contribution is 5.49. The Morgan fingerprint density at radius 1 is 1.22 bits per heavy atom. The number of aromatic amines is 2. The molecule has 7 heteroatoms. The van der Waals surface area contributed by atoms with Crippen LogP contribution < -0.4 is 10.5 Å². The van der Waals surface area contributed by atoms with Crippen LogP contribution in [0.25, 0.3) is 11.5 Å². The van der Waals surface area contributed by atoms with Gasteiger partial charge in [0.15, 0.2) is 0 Å². The second kappa shape index (κ2) is 4.21. The third kappa shape index (κ3) is 2.01. The van der Waals surface area contributed by atoms with E-state index in [9.17, 15) is 4.79 Å².